The lowest BCUT2D eigenvalue weighted by Gasteiger charge is -2.28. The molecule has 2 aliphatic rings. The average molecular weight is 246 g/mol. The van der Waals surface area contributed by atoms with Gasteiger partial charge in [-0.3, -0.25) is 4.90 Å². The monoisotopic (exact) mass is 246 g/mol. The normalized spacial score (nSPS) is 28.5. The van der Waals surface area contributed by atoms with Crippen LogP contribution in [0.15, 0.2) is 24.3 Å². The molecule has 0 aromatic heterocycles. The number of fused-ring (bicyclic) bond motifs is 1. The van der Waals surface area contributed by atoms with Gasteiger partial charge in [-0.2, -0.15) is 0 Å². The lowest BCUT2D eigenvalue weighted by molar-refractivity contribution is 0.160. The molecule has 18 heavy (non-hydrogen) atoms. The number of para-hydroxylation sites is 1. The topological polar surface area (TPSA) is 24.5 Å². The van der Waals surface area contributed by atoms with Crippen LogP contribution in [0, 0.1) is 0 Å². The Morgan fingerprint density at radius 2 is 2.28 bits per heavy atom. The number of ether oxygens (including phenoxy) is 1. The van der Waals surface area contributed by atoms with Crippen LogP contribution in [0.4, 0.5) is 0 Å². The van der Waals surface area contributed by atoms with Crippen molar-refractivity contribution in [1.82, 2.24) is 10.2 Å². The first-order valence-electron chi connectivity index (χ1n) is 7.07. The van der Waals surface area contributed by atoms with E-state index in [4.69, 9.17) is 4.74 Å². The van der Waals surface area contributed by atoms with Crippen molar-refractivity contribution in [2.45, 2.75) is 31.8 Å². The molecular weight excluding hydrogens is 224 g/mol. The molecule has 0 bridgehead atoms. The Labute approximate surface area is 109 Å². The highest BCUT2D eigenvalue weighted by Crippen LogP contribution is 2.36. The van der Waals surface area contributed by atoms with Crippen molar-refractivity contribution >= 4 is 0 Å². The van der Waals surface area contributed by atoms with Gasteiger partial charge in [0.2, 0.25) is 0 Å². The fourth-order valence-corrected chi connectivity index (χ4v) is 3.03. The Bertz CT molecular complexity index is 407. The number of nitrogens with zero attached hydrogens (tertiary/aromatic N) is 1. The van der Waals surface area contributed by atoms with Gasteiger partial charge in [0.25, 0.3) is 0 Å². The van der Waals surface area contributed by atoms with E-state index in [9.17, 15) is 0 Å². The molecule has 1 aromatic rings. The molecule has 3 nitrogen and oxygen atoms in total. The molecule has 2 aliphatic heterocycles. The van der Waals surface area contributed by atoms with Gasteiger partial charge >= 0.3 is 0 Å². The summed E-state index contributed by atoms with van der Waals surface area (Å²) in [4.78, 5) is 2.60. The van der Waals surface area contributed by atoms with Crippen LogP contribution in [0.2, 0.25) is 0 Å². The fraction of sp³-hybridized carbons (Fsp3) is 0.600. The fourth-order valence-electron chi connectivity index (χ4n) is 3.03. The summed E-state index contributed by atoms with van der Waals surface area (Å²) in [5, 5.41) is 3.63. The average Bonchev–Trinajstić information content (AvgIpc) is 2.69. The Hall–Kier alpha value is -1.06. The molecule has 0 amide bonds. The van der Waals surface area contributed by atoms with Crippen molar-refractivity contribution in [1.29, 1.82) is 0 Å². The van der Waals surface area contributed by atoms with Crippen LogP contribution in [-0.2, 0) is 0 Å². The summed E-state index contributed by atoms with van der Waals surface area (Å²) in [6.45, 7) is 6.53. The van der Waals surface area contributed by atoms with E-state index in [1.165, 1.54) is 24.9 Å². The molecule has 2 unspecified atom stereocenters. The summed E-state index contributed by atoms with van der Waals surface area (Å²) in [6.07, 6.45) is 2.43. The van der Waals surface area contributed by atoms with Gasteiger partial charge in [-0.15, -0.1) is 0 Å². The zero-order valence-corrected chi connectivity index (χ0v) is 11.1. The standard InChI is InChI=1S/C15H22N2O/c1-2-12-10-17(9-5-8-16-12)14-11-18-15-7-4-3-6-13(14)15/h3-4,6-7,12,14,16H,2,5,8-11H2,1H3. The van der Waals surface area contributed by atoms with Gasteiger partial charge in [-0.05, 0) is 25.5 Å². The van der Waals surface area contributed by atoms with E-state index < -0.39 is 0 Å². The lowest BCUT2D eigenvalue weighted by Crippen LogP contribution is -2.39. The molecule has 2 heterocycles. The van der Waals surface area contributed by atoms with Gasteiger partial charge in [0, 0.05) is 24.7 Å². The third-order valence-electron chi connectivity index (χ3n) is 4.12. The molecule has 0 spiro atoms. The van der Waals surface area contributed by atoms with Gasteiger partial charge < -0.3 is 10.1 Å². The van der Waals surface area contributed by atoms with Gasteiger partial charge in [-0.1, -0.05) is 25.1 Å². The summed E-state index contributed by atoms with van der Waals surface area (Å²) >= 11 is 0. The van der Waals surface area contributed by atoms with Gasteiger partial charge in [0.1, 0.15) is 12.4 Å². The number of hydrogen-bond acceptors (Lipinski definition) is 3. The molecule has 0 radical (unpaired) electrons. The predicted molar refractivity (Wildman–Crippen MR) is 72.9 cm³/mol. The predicted octanol–water partition coefficient (Wildman–Crippen LogP) is 2.19. The highest BCUT2D eigenvalue weighted by molar-refractivity contribution is 5.39. The summed E-state index contributed by atoms with van der Waals surface area (Å²) in [7, 11) is 0. The van der Waals surface area contributed by atoms with E-state index in [1.54, 1.807) is 0 Å². The van der Waals surface area contributed by atoms with Crippen LogP contribution in [-0.4, -0.2) is 37.2 Å². The molecule has 1 saturated heterocycles. The first-order chi connectivity index (χ1) is 8.88. The van der Waals surface area contributed by atoms with E-state index in [1.807, 2.05) is 0 Å². The van der Waals surface area contributed by atoms with Gasteiger partial charge in [0.15, 0.2) is 0 Å². The smallest absolute Gasteiger partial charge is 0.124 e. The number of rotatable bonds is 2. The van der Waals surface area contributed by atoms with Crippen molar-refractivity contribution < 1.29 is 4.74 Å². The second-order valence-corrected chi connectivity index (χ2v) is 5.27. The molecule has 3 rings (SSSR count). The number of hydrogen-bond donors (Lipinski definition) is 1. The maximum absolute atomic E-state index is 5.81. The maximum atomic E-state index is 5.81. The van der Waals surface area contributed by atoms with E-state index in [0.717, 1.165) is 25.4 Å². The maximum Gasteiger partial charge on any atom is 0.124 e. The summed E-state index contributed by atoms with van der Waals surface area (Å²) in [6, 6.07) is 9.55. The van der Waals surface area contributed by atoms with Crippen molar-refractivity contribution in [3.8, 4) is 5.75 Å². The Balaban J connectivity index is 1.78. The van der Waals surface area contributed by atoms with Crippen LogP contribution in [0.3, 0.4) is 0 Å². The molecule has 1 fully saturated rings. The first-order valence-corrected chi connectivity index (χ1v) is 7.07. The third-order valence-corrected chi connectivity index (χ3v) is 4.12. The van der Waals surface area contributed by atoms with E-state index in [-0.39, 0.29) is 0 Å². The van der Waals surface area contributed by atoms with E-state index in [2.05, 4.69) is 41.4 Å². The zero-order valence-electron chi connectivity index (χ0n) is 11.1. The molecule has 1 aromatic carbocycles. The van der Waals surface area contributed by atoms with Crippen LogP contribution in [0.1, 0.15) is 31.4 Å². The largest absolute Gasteiger partial charge is 0.491 e. The van der Waals surface area contributed by atoms with Crippen LogP contribution in [0.5, 0.6) is 5.75 Å². The van der Waals surface area contributed by atoms with Crippen LogP contribution >= 0.6 is 0 Å². The van der Waals surface area contributed by atoms with Crippen molar-refractivity contribution in [2.75, 3.05) is 26.2 Å². The molecule has 1 N–H and O–H groups in total. The molecule has 2 atom stereocenters. The quantitative estimate of drug-likeness (QED) is 0.865. The summed E-state index contributed by atoms with van der Waals surface area (Å²) in [5.41, 5.74) is 1.37. The Morgan fingerprint density at radius 1 is 1.39 bits per heavy atom. The second kappa shape index (κ2) is 5.29. The Kier molecular flexibility index (Phi) is 3.52. The van der Waals surface area contributed by atoms with Crippen molar-refractivity contribution in [3.63, 3.8) is 0 Å². The lowest BCUT2D eigenvalue weighted by atomic mass is 10.1. The molecule has 0 saturated carbocycles. The first kappa shape index (κ1) is 12.0. The molecule has 98 valence electrons. The van der Waals surface area contributed by atoms with Gasteiger partial charge in [0.05, 0.1) is 6.04 Å². The molecular formula is C15H22N2O. The van der Waals surface area contributed by atoms with Crippen LogP contribution in [0.25, 0.3) is 0 Å². The molecule has 0 aliphatic carbocycles. The minimum absolute atomic E-state index is 0.454. The van der Waals surface area contributed by atoms with Crippen LogP contribution < -0.4 is 10.1 Å². The van der Waals surface area contributed by atoms with Crippen molar-refractivity contribution in [3.05, 3.63) is 29.8 Å². The number of benzene rings is 1. The van der Waals surface area contributed by atoms with E-state index >= 15 is 0 Å². The van der Waals surface area contributed by atoms with Gasteiger partial charge in [-0.25, -0.2) is 0 Å². The minimum Gasteiger partial charge on any atom is -0.491 e. The summed E-state index contributed by atoms with van der Waals surface area (Å²) < 4.78 is 5.81. The highest BCUT2D eigenvalue weighted by atomic mass is 16.5. The number of nitrogens with one attached hydrogen (secondary N) is 1. The highest BCUT2D eigenvalue weighted by Gasteiger charge is 2.31. The second-order valence-electron chi connectivity index (χ2n) is 5.27. The zero-order chi connectivity index (χ0) is 12.4. The summed E-state index contributed by atoms with van der Waals surface area (Å²) in [5.74, 6) is 1.08. The molecule has 3 heteroatoms. The third kappa shape index (κ3) is 2.25. The minimum atomic E-state index is 0.454. The SMILES string of the molecule is CCC1CN(C2COc3ccccc32)CCCN1. The van der Waals surface area contributed by atoms with E-state index in [0.29, 0.717) is 12.1 Å². The van der Waals surface area contributed by atoms with Crippen molar-refractivity contribution in [2.24, 2.45) is 0 Å². The Morgan fingerprint density at radius 3 is 3.17 bits per heavy atom.